The molecule has 6 heteroatoms. The molecule has 1 heterocycles. The minimum atomic E-state index is 0.391. The van der Waals surface area contributed by atoms with Crippen LogP contribution < -0.4 is 4.90 Å². The highest BCUT2D eigenvalue weighted by atomic mass is 32.2. The van der Waals surface area contributed by atoms with E-state index in [4.69, 9.17) is 12.2 Å². The number of thioether (sulfide) groups is 1. The van der Waals surface area contributed by atoms with E-state index in [1.165, 1.54) is 0 Å². The Morgan fingerprint density at radius 1 is 1.42 bits per heavy atom. The van der Waals surface area contributed by atoms with Crippen molar-refractivity contribution in [1.29, 1.82) is 0 Å². The number of nitrogens with one attached hydrogen (secondary N) is 1. The van der Waals surface area contributed by atoms with Crippen LogP contribution in [0.4, 0.5) is 5.95 Å². The van der Waals surface area contributed by atoms with Crippen molar-refractivity contribution < 1.29 is 0 Å². The molecule has 102 valence electrons. The number of rotatable bonds is 5. The largest absolute Gasteiger partial charge is 0.340 e. The maximum absolute atomic E-state index is 5.34. The number of para-hydroxylation sites is 1. The second-order valence-corrected chi connectivity index (χ2v) is 5.71. The monoisotopic (exact) mass is 294 g/mol. The first-order valence-corrected chi connectivity index (χ1v) is 7.90. The summed E-state index contributed by atoms with van der Waals surface area (Å²) in [7, 11) is 2.05. The molecule has 0 aliphatic heterocycles. The van der Waals surface area contributed by atoms with Crippen LogP contribution in [0.3, 0.4) is 0 Å². The zero-order valence-corrected chi connectivity index (χ0v) is 13.0. The van der Waals surface area contributed by atoms with Gasteiger partial charge in [-0.1, -0.05) is 18.2 Å². The summed E-state index contributed by atoms with van der Waals surface area (Å²) in [5.41, 5.74) is 1.03. The molecule has 4 nitrogen and oxygen atoms in total. The van der Waals surface area contributed by atoms with Crippen molar-refractivity contribution in [2.45, 2.75) is 13.0 Å². The second kappa shape index (κ2) is 6.25. The Balaban J connectivity index is 2.41. The van der Waals surface area contributed by atoms with E-state index in [9.17, 15) is 0 Å². The van der Waals surface area contributed by atoms with Crippen LogP contribution >= 0.6 is 24.0 Å². The zero-order chi connectivity index (χ0) is 13.8. The van der Waals surface area contributed by atoms with Crippen molar-refractivity contribution in [2.24, 2.45) is 0 Å². The number of anilines is 1. The minimum absolute atomic E-state index is 0.391. The fraction of sp³-hybridized carbons (Fsp3) is 0.385. The van der Waals surface area contributed by atoms with E-state index in [-0.39, 0.29) is 0 Å². The van der Waals surface area contributed by atoms with Gasteiger partial charge in [0, 0.05) is 18.8 Å². The van der Waals surface area contributed by atoms with Crippen LogP contribution in [0.25, 0.3) is 5.69 Å². The SMILES string of the molecule is CSCC(C)N(C)c1n[nH]c(=S)n1-c1ccccc1. The van der Waals surface area contributed by atoms with Crippen molar-refractivity contribution >= 4 is 29.9 Å². The van der Waals surface area contributed by atoms with Crippen LogP contribution in [0.15, 0.2) is 30.3 Å². The molecule has 0 saturated carbocycles. The number of benzene rings is 1. The normalized spacial score (nSPS) is 12.4. The highest BCUT2D eigenvalue weighted by Gasteiger charge is 2.17. The van der Waals surface area contributed by atoms with Gasteiger partial charge in [0.1, 0.15) is 0 Å². The van der Waals surface area contributed by atoms with Crippen molar-refractivity contribution in [3.63, 3.8) is 0 Å². The molecule has 1 atom stereocenters. The van der Waals surface area contributed by atoms with E-state index in [1.54, 1.807) is 0 Å². The molecule has 0 spiro atoms. The van der Waals surface area contributed by atoms with Crippen molar-refractivity contribution in [3.8, 4) is 5.69 Å². The number of nitrogens with zero attached hydrogens (tertiary/aromatic N) is 3. The molecule has 0 bridgehead atoms. The molecule has 2 aromatic rings. The van der Waals surface area contributed by atoms with E-state index >= 15 is 0 Å². The number of aromatic amines is 1. The molecule has 1 aromatic carbocycles. The smallest absolute Gasteiger partial charge is 0.230 e. The molecule has 2 rings (SSSR count). The van der Waals surface area contributed by atoms with Gasteiger partial charge in [0.2, 0.25) is 10.7 Å². The van der Waals surface area contributed by atoms with Crippen LogP contribution in [0.5, 0.6) is 0 Å². The van der Waals surface area contributed by atoms with Gasteiger partial charge in [-0.15, -0.1) is 5.10 Å². The van der Waals surface area contributed by atoms with Gasteiger partial charge in [-0.2, -0.15) is 11.8 Å². The van der Waals surface area contributed by atoms with Crippen molar-refractivity contribution in [3.05, 3.63) is 35.1 Å². The summed E-state index contributed by atoms with van der Waals surface area (Å²) in [5.74, 6) is 1.89. The molecular weight excluding hydrogens is 276 g/mol. The lowest BCUT2D eigenvalue weighted by Crippen LogP contribution is -2.33. The standard InChI is InChI=1S/C13H18N4S2/c1-10(9-19-3)16(2)12-14-15-13(18)17(12)11-7-5-4-6-8-11/h4-8,10H,9H2,1-3H3,(H,15,18). The Labute approximate surface area is 122 Å². The predicted octanol–water partition coefficient (Wildman–Crippen LogP) is 3.12. The van der Waals surface area contributed by atoms with Crippen molar-refractivity contribution in [1.82, 2.24) is 14.8 Å². The number of aromatic nitrogens is 3. The lowest BCUT2D eigenvalue weighted by atomic mass is 10.3. The third-order valence-corrected chi connectivity index (χ3v) is 4.14. The number of hydrogen-bond acceptors (Lipinski definition) is 4. The molecule has 19 heavy (non-hydrogen) atoms. The van der Waals surface area contributed by atoms with Gasteiger partial charge in [-0.3, -0.25) is 4.57 Å². The van der Waals surface area contributed by atoms with Gasteiger partial charge in [-0.05, 0) is 37.5 Å². The molecule has 0 aliphatic rings. The summed E-state index contributed by atoms with van der Waals surface area (Å²) in [6.07, 6.45) is 2.11. The lowest BCUT2D eigenvalue weighted by Gasteiger charge is -2.25. The minimum Gasteiger partial charge on any atom is -0.340 e. The third kappa shape index (κ3) is 3.01. The zero-order valence-electron chi connectivity index (χ0n) is 11.3. The first kappa shape index (κ1) is 14.1. The van der Waals surface area contributed by atoms with Gasteiger partial charge in [0.25, 0.3) is 0 Å². The van der Waals surface area contributed by atoms with Crippen LogP contribution in [0, 0.1) is 4.77 Å². The molecule has 1 unspecified atom stereocenters. The molecule has 0 radical (unpaired) electrons. The molecule has 1 aromatic heterocycles. The van der Waals surface area contributed by atoms with Gasteiger partial charge in [-0.25, -0.2) is 5.10 Å². The number of hydrogen-bond donors (Lipinski definition) is 1. The highest BCUT2D eigenvalue weighted by Crippen LogP contribution is 2.19. The summed E-state index contributed by atoms with van der Waals surface area (Å²) >= 11 is 7.16. The quantitative estimate of drug-likeness (QED) is 0.860. The second-order valence-electron chi connectivity index (χ2n) is 4.41. The van der Waals surface area contributed by atoms with E-state index in [2.05, 4.69) is 28.3 Å². The van der Waals surface area contributed by atoms with E-state index in [0.717, 1.165) is 17.4 Å². The average molecular weight is 294 g/mol. The summed E-state index contributed by atoms with van der Waals surface area (Å²) in [6.45, 7) is 2.18. The summed E-state index contributed by atoms with van der Waals surface area (Å²) in [6, 6.07) is 10.4. The first-order chi connectivity index (χ1) is 9.15. The Morgan fingerprint density at radius 3 is 2.74 bits per heavy atom. The van der Waals surface area contributed by atoms with E-state index in [1.807, 2.05) is 53.7 Å². The van der Waals surface area contributed by atoms with E-state index < -0.39 is 0 Å². The topological polar surface area (TPSA) is 36.9 Å². The maximum atomic E-state index is 5.34. The lowest BCUT2D eigenvalue weighted by molar-refractivity contribution is 0.728. The first-order valence-electron chi connectivity index (χ1n) is 6.09. The summed E-state index contributed by atoms with van der Waals surface area (Å²) in [4.78, 5) is 2.15. The van der Waals surface area contributed by atoms with Crippen LogP contribution in [-0.2, 0) is 0 Å². The number of H-pyrrole nitrogens is 1. The van der Waals surface area contributed by atoms with Gasteiger partial charge < -0.3 is 4.90 Å². The maximum Gasteiger partial charge on any atom is 0.230 e. The Kier molecular flexibility index (Phi) is 4.66. The Bertz CT molecular complexity index is 576. The van der Waals surface area contributed by atoms with Crippen LogP contribution in [0.2, 0.25) is 0 Å². The molecule has 0 saturated heterocycles. The highest BCUT2D eigenvalue weighted by molar-refractivity contribution is 7.98. The third-order valence-electron chi connectivity index (χ3n) is 3.05. The van der Waals surface area contributed by atoms with Gasteiger partial charge >= 0.3 is 0 Å². The molecule has 0 aliphatic carbocycles. The van der Waals surface area contributed by atoms with Crippen molar-refractivity contribution in [2.75, 3.05) is 24.0 Å². The summed E-state index contributed by atoms with van der Waals surface area (Å²) in [5, 5.41) is 7.24. The summed E-state index contributed by atoms with van der Waals surface area (Å²) < 4.78 is 2.58. The van der Waals surface area contributed by atoms with Crippen LogP contribution in [-0.4, -0.2) is 39.9 Å². The van der Waals surface area contributed by atoms with Gasteiger partial charge in [0.15, 0.2) is 0 Å². The molecule has 0 fully saturated rings. The fourth-order valence-corrected chi connectivity index (χ4v) is 2.82. The predicted molar refractivity (Wildman–Crippen MR) is 85.0 cm³/mol. The Morgan fingerprint density at radius 2 is 2.11 bits per heavy atom. The van der Waals surface area contributed by atoms with Crippen LogP contribution in [0.1, 0.15) is 6.92 Å². The molecule has 0 amide bonds. The fourth-order valence-electron chi connectivity index (χ4n) is 1.89. The molecular formula is C13H18N4S2. The van der Waals surface area contributed by atoms with Gasteiger partial charge in [0.05, 0.1) is 5.69 Å². The Hall–Kier alpha value is -1.27. The average Bonchev–Trinajstić information content (AvgIpc) is 2.81. The van der Waals surface area contributed by atoms with E-state index in [0.29, 0.717) is 10.8 Å². The molecule has 1 N–H and O–H groups in total.